The Balaban J connectivity index is 1.75. The lowest BCUT2D eigenvalue weighted by Gasteiger charge is -2.09. The topological polar surface area (TPSA) is 63.8 Å². The number of aryl methyl sites for hydroxylation is 2. The summed E-state index contributed by atoms with van der Waals surface area (Å²) in [5.41, 5.74) is 7.65. The van der Waals surface area contributed by atoms with E-state index in [9.17, 15) is 13.2 Å². The van der Waals surface area contributed by atoms with Gasteiger partial charge in [-0.1, -0.05) is 18.2 Å². The van der Waals surface area contributed by atoms with Crippen molar-refractivity contribution in [2.45, 2.75) is 32.1 Å². The smallest absolute Gasteiger partial charge is 0.383 e. The van der Waals surface area contributed by atoms with Crippen LogP contribution in [0.25, 0.3) is 0 Å². The van der Waals surface area contributed by atoms with Crippen molar-refractivity contribution < 1.29 is 13.2 Å². The summed E-state index contributed by atoms with van der Waals surface area (Å²) in [4.78, 5) is 8.66. The van der Waals surface area contributed by atoms with Gasteiger partial charge in [-0.15, -0.1) is 0 Å². The minimum absolute atomic E-state index is 0.440. The molecule has 22 heavy (non-hydrogen) atoms. The van der Waals surface area contributed by atoms with E-state index in [4.69, 9.17) is 5.73 Å². The number of benzene rings is 1. The molecular formula is C15H15F3N4. The Bertz CT molecular complexity index is 698. The molecule has 0 atom stereocenters. The van der Waals surface area contributed by atoms with E-state index in [-0.39, 0.29) is 0 Å². The van der Waals surface area contributed by atoms with Crippen LogP contribution in [-0.4, -0.2) is 9.97 Å². The van der Waals surface area contributed by atoms with Crippen LogP contribution in [0.15, 0.2) is 24.3 Å². The third-order valence-corrected chi connectivity index (χ3v) is 3.66. The minimum Gasteiger partial charge on any atom is -0.383 e. The molecule has 1 aliphatic rings. The number of alkyl halides is 3. The summed E-state index contributed by atoms with van der Waals surface area (Å²) in [5, 5.41) is 3.15. The van der Waals surface area contributed by atoms with E-state index in [0.717, 1.165) is 23.4 Å². The summed E-state index contributed by atoms with van der Waals surface area (Å²) >= 11 is 0. The minimum atomic E-state index is -4.32. The molecule has 0 saturated heterocycles. The largest absolute Gasteiger partial charge is 0.416 e. The van der Waals surface area contributed by atoms with Crippen LogP contribution >= 0.6 is 0 Å². The molecule has 7 heteroatoms. The van der Waals surface area contributed by atoms with Crippen molar-refractivity contribution in [2.75, 3.05) is 5.73 Å². The number of hydrogen-bond donors (Lipinski definition) is 2. The van der Waals surface area contributed by atoms with E-state index < -0.39 is 11.7 Å². The molecule has 2 aromatic rings. The van der Waals surface area contributed by atoms with Crippen molar-refractivity contribution >= 4 is 5.82 Å². The first-order chi connectivity index (χ1) is 10.4. The summed E-state index contributed by atoms with van der Waals surface area (Å²) in [7, 11) is 0. The van der Waals surface area contributed by atoms with Gasteiger partial charge in [0.05, 0.1) is 11.3 Å². The number of aromatic nitrogens is 2. The highest BCUT2D eigenvalue weighted by Gasteiger charge is 2.30. The molecule has 0 amide bonds. The number of nitrogens with zero attached hydrogens (tertiary/aromatic N) is 2. The quantitative estimate of drug-likeness (QED) is 0.914. The lowest BCUT2D eigenvalue weighted by atomic mass is 10.1. The number of rotatable bonds is 3. The van der Waals surface area contributed by atoms with E-state index in [1.807, 2.05) is 0 Å². The predicted octanol–water partition coefficient (Wildman–Crippen LogP) is 2.47. The second kappa shape index (κ2) is 5.57. The first-order valence-corrected chi connectivity index (χ1v) is 6.94. The molecule has 1 aromatic heterocycles. The van der Waals surface area contributed by atoms with Crippen LogP contribution in [-0.2, 0) is 32.1 Å². The fourth-order valence-electron chi connectivity index (χ4n) is 2.52. The van der Waals surface area contributed by atoms with Crippen LogP contribution in [0.3, 0.4) is 0 Å². The van der Waals surface area contributed by atoms with Gasteiger partial charge >= 0.3 is 6.18 Å². The average molecular weight is 308 g/mol. The van der Waals surface area contributed by atoms with Gasteiger partial charge < -0.3 is 11.1 Å². The van der Waals surface area contributed by atoms with Crippen LogP contribution in [0.5, 0.6) is 0 Å². The molecular weight excluding hydrogens is 293 g/mol. The zero-order valence-electron chi connectivity index (χ0n) is 11.7. The van der Waals surface area contributed by atoms with Crippen LogP contribution < -0.4 is 11.1 Å². The maximum Gasteiger partial charge on any atom is 0.416 e. The van der Waals surface area contributed by atoms with Crippen molar-refractivity contribution in [1.29, 1.82) is 0 Å². The zero-order valence-corrected chi connectivity index (χ0v) is 11.7. The summed E-state index contributed by atoms with van der Waals surface area (Å²) in [6.07, 6.45) is -3.43. The summed E-state index contributed by atoms with van der Waals surface area (Å²) in [6.45, 7) is 1.31. The van der Waals surface area contributed by atoms with Gasteiger partial charge in [-0.05, 0) is 18.1 Å². The highest BCUT2D eigenvalue weighted by atomic mass is 19.4. The molecule has 3 N–H and O–H groups in total. The molecule has 4 nitrogen and oxygen atoms in total. The maximum atomic E-state index is 12.7. The van der Waals surface area contributed by atoms with Gasteiger partial charge in [-0.25, -0.2) is 9.97 Å². The van der Waals surface area contributed by atoms with Gasteiger partial charge in [0, 0.05) is 25.1 Å². The maximum absolute atomic E-state index is 12.7. The van der Waals surface area contributed by atoms with E-state index in [0.29, 0.717) is 43.1 Å². The monoisotopic (exact) mass is 308 g/mol. The second-order valence-corrected chi connectivity index (χ2v) is 5.25. The van der Waals surface area contributed by atoms with E-state index >= 15 is 0 Å². The lowest BCUT2D eigenvalue weighted by Crippen LogP contribution is -2.08. The molecule has 1 aromatic carbocycles. The normalized spacial score (nSPS) is 14.1. The Morgan fingerprint density at radius 3 is 2.73 bits per heavy atom. The number of fused-ring (bicyclic) bond motifs is 1. The summed E-state index contributed by atoms with van der Waals surface area (Å²) < 4.78 is 38.1. The third kappa shape index (κ3) is 3.04. The van der Waals surface area contributed by atoms with Crippen LogP contribution in [0, 0.1) is 0 Å². The summed E-state index contributed by atoms with van der Waals surface area (Å²) in [5.74, 6) is 1.02. The number of anilines is 1. The van der Waals surface area contributed by atoms with E-state index in [2.05, 4.69) is 15.3 Å². The molecule has 3 rings (SSSR count). The molecule has 0 unspecified atom stereocenters. The second-order valence-electron chi connectivity index (χ2n) is 5.25. The van der Waals surface area contributed by atoms with Gasteiger partial charge in [0.15, 0.2) is 0 Å². The fourth-order valence-corrected chi connectivity index (χ4v) is 2.52. The average Bonchev–Trinajstić information content (AvgIpc) is 2.93. The van der Waals surface area contributed by atoms with Crippen molar-refractivity contribution in [2.24, 2.45) is 0 Å². The Kier molecular flexibility index (Phi) is 3.74. The number of nitrogens with two attached hydrogens (primary N) is 1. The van der Waals surface area contributed by atoms with Gasteiger partial charge in [0.25, 0.3) is 0 Å². The van der Waals surface area contributed by atoms with Gasteiger partial charge in [0.2, 0.25) is 0 Å². The molecule has 0 saturated carbocycles. The highest BCUT2D eigenvalue weighted by molar-refractivity contribution is 5.44. The third-order valence-electron chi connectivity index (χ3n) is 3.66. The Hall–Kier alpha value is -2.15. The number of halogens is 3. The molecule has 2 heterocycles. The predicted molar refractivity (Wildman–Crippen MR) is 75.8 cm³/mol. The SMILES string of the molecule is Nc1nc(CCc2cccc(C(F)(F)F)c2)nc2c1CNC2. The van der Waals surface area contributed by atoms with Crippen LogP contribution in [0.2, 0.25) is 0 Å². The molecule has 0 bridgehead atoms. The molecule has 1 aliphatic heterocycles. The van der Waals surface area contributed by atoms with Crippen LogP contribution in [0.4, 0.5) is 19.0 Å². The first kappa shape index (κ1) is 14.8. The molecule has 0 aliphatic carbocycles. The Labute approximate surface area is 125 Å². The standard InChI is InChI=1S/C15H15F3N4/c16-15(17,18)10-3-1-2-9(6-10)4-5-13-21-12-8-20-7-11(12)14(19)22-13/h1-3,6,20H,4-5,7-8H2,(H2,19,21,22). The Morgan fingerprint density at radius 1 is 1.14 bits per heavy atom. The fraction of sp³-hybridized carbons (Fsp3) is 0.333. The highest BCUT2D eigenvalue weighted by Crippen LogP contribution is 2.29. The number of nitrogen functional groups attached to an aromatic ring is 1. The molecule has 0 spiro atoms. The van der Waals surface area contributed by atoms with Gasteiger partial charge in [-0.3, -0.25) is 0 Å². The van der Waals surface area contributed by atoms with Gasteiger partial charge in [0.1, 0.15) is 11.6 Å². The van der Waals surface area contributed by atoms with Crippen molar-refractivity contribution in [1.82, 2.24) is 15.3 Å². The van der Waals surface area contributed by atoms with Gasteiger partial charge in [-0.2, -0.15) is 13.2 Å². The van der Waals surface area contributed by atoms with Crippen molar-refractivity contribution in [3.63, 3.8) is 0 Å². The Morgan fingerprint density at radius 2 is 1.95 bits per heavy atom. The summed E-state index contributed by atoms with van der Waals surface area (Å²) in [6, 6.07) is 5.32. The number of hydrogen-bond acceptors (Lipinski definition) is 4. The first-order valence-electron chi connectivity index (χ1n) is 6.94. The molecule has 0 fully saturated rings. The van der Waals surface area contributed by atoms with E-state index in [1.54, 1.807) is 6.07 Å². The molecule has 116 valence electrons. The zero-order chi connectivity index (χ0) is 15.7. The molecule has 0 radical (unpaired) electrons. The van der Waals surface area contributed by atoms with Crippen LogP contribution in [0.1, 0.15) is 28.2 Å². The lowest BCUT2D eigenvalue weighted by molar-refractivity contribution is -0.137. The van der Waals surface area contributed by atoms with E-state index in [1.165, 1.54) is 6.07 Å². The van der Waals surface area contributed by atoms with Crippen molar-refractivity contribution in [3.05, 3.63) is 52.5 Å². The number of nitrogens with one attached hydrogen (secondary N) is 1. The van der Waals surface area contributed by atoms with Crippen molar-refractivity contribution in [3.8, 4) is 0 Å².